The number of carbonyl (C=O) groups excluding carboxylic acids is 11. The number of ether oxygens (including phenoxy) is 1. The van der Waals surface area contributed by atoms with Gasteiger partial charge in [-0.05, 0) is 107 Å². The monoisotopic (exact) mass is 1260 g/mol. The minimum absolute atomic E-state index is 0.0367. The number of esters is 1. The van der Waals surface area contributed by atoms with E-state index in [1.807, 2.05) is 69.2 Å². The van der Waals surface area contributed by atoms with Crippen LogP contribution in [0.2, 0.25) is 0 Å². The van der Waals surface area contributed by atoms with Crippen LogP contribution in [0.4, 0.5) is 0 Å². The van der Waals surface area contributed by atoms with E-state index in [2.05, 4.69) is 16.0 Å². The van der Waals surface area contributed by atoms with Crippen LogP contribution in [0, 0.1) is 41.4 Å². The molecule has 0 radical (unpaired) electrons. The van der Waals surface area contributed by atoms with Gasteiger partial charge in [-0.1, -0.05) is 116 Å². The second-order valence-electron chi connectivity index (χ2n) is 27.3. The van der Waals surface area contributed by atoms with Crippen molar-refractivity contribution in [3.63, 3.8) is 0 Å². The Morgan fingerprint density at radius 2 is 0.933 bits per heavy atom. The molecule has 13 atom stereocenters. The quantitative estimate of drug-likeness (QED) is 0.0963. The summed E-state index contributed by atoms with van der Waals surface area (Å²) in [5.41, 5.74) is 0. The molecule has 10 amide bonds. The van der Waals surface area contributed by atoms with Gasteiger partial charge in [-0.3, -0.25) is 47.9 Å². The molecule has 1 rings (SSSR count). The molecule has 1 aliphatic heterocycles. The number of aliphatic hydroxyl groups excluding tert-OH is 2. The number of hydrogen-bond donors (Lipinski definition) is 5. The molecule has 0 aromatic carbocycles. The lowest BCUT2D eigenvalue weighted by molar-refractivity contribution is -0.165. The molecule has 1 fully saturated rings. The molecule has 24 heteroatoms. The van der Waals surface area contributed by atoms with Gasteiger partial charge in [0.15, 0.2) is 6.10 Å². The van der Waals surface area contributed by atoms with Crippen LogP contribution in [-0.2, 0) is 57.5 Å². The molecule has 5 N–H and O–H groups in total. The zero-order valence-electron chi connectivity index (χ0n) is 58.4. The van der Waals surface area contributed by atoms with Crippen molar-refractivity contribution in [3.05, 3.63) is 12.2 Å². The summed E-state index contributed by atoms with van der Waals surface area (Å²) >= 11 is 0. The van der Waals surface area contributed by atoms with E-state index in [-0.39, 0.29) is 74.5 Å². The molecular formula is C65H116N10O14. The maximum Gasteiger partial charge on any atom is 0.329 e. The second kappa shape index (κ2) is 37.2. The van der Waals surface area contributed by atoms with Crippen molar-refractivity contribution in [2.45, 2.75) is 242 Å². The Bertz CT molecular complexity index is 2410. The maximum atomic E-state index is 15.2. The van der Waals surface area contributed by atoms with E-state index in [1.165, 1.54) is 82.8 Å². The van der Waals surface area contributed by atoms with E-state index in [0.717, 1.165) is 14.7 Å². The van der Waals surface area contributed by atoms with Crippen LogP contribution in [0.5, 0.6) is 0 Å². The molecule has 0 spiro atoms. The van der Waals surface area contributed by atoms with Gasteiger partial charge in [0.05, 0.1) is 18.8 Å². The third-order valence-electron chi connectivity index (χ3n) is 16.5. The first-order chi connectivity index (χ1) is 41.1. The molecule has 1 saturated heterocycles. The predicted molar refractivity (Wildman–Crippen MR) is 342 cm³/mol. The van der Waals surface area contributed by atoms with Crippen molar-refractivity contribution in [1.29, 1.82) is 0 Å². The number of amides is 10. The summed E-state index contributed by atoms with van der Waals surface area (Å²) in [6.07, 6.45) is 0.148. The third kappa shape index (κ3) is 23.5. The molecule has 510 valence electrons. The fraction of sp³-hybridized carbons (Fsp3) is 0.800. The average molecular weight is 1260 g/mol. The lowest BCUT2D eigenvalue weighted by Crippen LogP contribution is -2.64. The summed E-state index contributed by atoms with van der Waals surface area (Å²) in [5, 5.41) is 31.4. The van der Waals surface area contributed by atoms with E-state index in [0.29, 0.717) is 6.42 Å². The van der Waals surface area contributed by atoms with Gasteiger partial charge in [0.25, 0.3) is 5.91 Å². The van der Waals surface area contributed by atoms with Crippen molar-refractivity contribution < 1.29 is 67.7 Å². The topological polar surface area (TPSA) is 296 Å². The molecule has 0 saturated carbocycles. The van der Waals surface area contributed by atoms with E-state index in [9.17, 15) is 48.6 Å². The van der Waals surface area contributed by atoms with Gasteiger partial charge in [0.2, 0.25) is 53.2 Å². The van der Waals surface area contributed by atoms with Gasteiger partial charge in [-0.15, -0.1) is 0 Å². The van der Waals surface area contributed by atoms with Crippen molar-refractivity contribution in [2.24, 2.45) is 41.4 Å². The second-order valence-corrected chi connectivity index (χ2v) is 27.3. The van der Waals surface area contributed by atoms with Gasteiger partial charge >= 0.3 is 5.97 Å². The summed E-state index contributed by atoms with van der Waals surface area (Å²) in [5.74, 6) is -10.7. The minimum Gasteiger partial charge on any atom is -0.451 e. The van der Waals surface area contributed by atoms with Gasteiger partial charge < -0.3 is 65.2 Å². The van der Waals surface area contributed by atoms with Crippen LogP contribution in [0.3, 0.4) is 0 Å². The number of aliphatic hydroxyl groups is 2. The molecule has 1 heterocycles. The summed E-state index contributed by atoms with van der Waals surface area (Å²) < 4.78 is 5.90. The minimum atomic E-state index is -1.75. The molecule has 0 aromatic heterocycles. The van der Waals surface area contributed by atoms with E-state index < -0.39 is 156 Å². The SMILES string of the molecule is C/C=C/C[C@@H](C)[C@@H](O)C1C(=O)N[C@@H](C(C)O)C(=O)N(C)CC(=O)N(C)[C@@H](CC(C)C)C(=O)N[C@@H](CC(C)C)C(=O)N(C)[C@@H](CC(C)C)C(=O)N[C@@H](C)C(=O)O[C@H](CCC)C(=O)N(C)[C@@H](CC(C)C)C(=O)N(C)[C@@H](CC(C)C)C(=O)N(C)[C@@H](C(C)C)C(=O)N1C. The number of nitrogens with zero attached hydrogens (tertiary/aromatic N) is 7. The zero-order chi connectivity index (χ0) is 69.0. The average Bonchev–Trinajstić information content (AvgIpc) is 0.942. The Morgan fingerprint density at radius 1 is 0.506 bits per heavy atom. The number of cyclic esters (lactones) is 1. The highest BCUT2D eigenvalue weighted by Crippen LogP contribution is 2.26. The molecule has 0 aliphatic carbocycles. The largest absolute Gasteiger partial charge is 0.451 e. The van der Waals surface area contributed by atoms with Gasteiger partial charge in [-0.2, -0.15) is 0 Å². The third-order valence-corrected chi connectivity index (χ3v) is 16.5. The Hall–Kier alpha value is -6.17. The van der Waals surface area contributed by atoms with E-state index in [4.69, 9.17) is 4.74 Å². The van der Waals surface area contributed by atoms with Gasteiger partial charge in [-0.25, -0.2) is 4.79 Å². The number of allylic oxidation sites excluding steroid dienone is 2. The van der Waals surface area contributed by atoms with Gasteiger partial charge in [0.1, 0.15) is 54.4 Å². The Kier molecular flexibility index (Phi) is 33.8. The smallest absolute Gasteiger partial charge is 0.329 e. The fourth-order valence-corrected chi connectivity index (χ4v) is 11.2. The zero-order valence-corrected chi connectivity index (χ0v) is 58.4. The lowest BCUT2D eigenvalue weighted by atomic mass is 9.91. The van der Waals surface area contributed by atoms with Crippen molar-refractivity contribution in [1.82, 2.24) is 50.2 Å². The summed E-state index contributed by atoms with van der Waals surface area (Å²) in [7, 11) is 9.64. The Morgan fingerprint density at radius 3 is 1.38 bits per heavy atom. The standard InChI is InChI=1S/C65H116N10O14/c1-25-27-29-42(15)55(78)54-58(81)68-52(44(17)76)63(86)69(18)35-51(77)70(19)46(31-37(5)6)57(80)67-45(30-36(3)4)59(82)71(20)47(32-38(7)8)56(79)66-43(16)65(88)89-50(28-26-2)62(85)73(22)48(33-39(9)10)60(83)72(21)49(34-40(11)12)61(84)74(23)53(41(13)14)64(87)75(54)24/h25,27,36-50,52-55,76,78H,26,28-35H2,1-24H3,(H,66,79)(H,67,80)(H,68,81)/b27-25+/t42-,43+,44?,45+,46+,47+,48+,49+,50-,52+,53+,54?,55-/m1/s1. The number of rotatable bonds is 18. The number of likely N-dealkylation sites (N-methyl/N-ethyl adjacent to an activating group) is 7. The van der Waals surface area contributed by atoms with Crippen molar-refractivity contribution in [3.8, 4) is 0 Å². The molecule has 2 unspecified atom stereocenters. The lowest BCUT2D eigenvalue weighted by Gasteiger charge is -2.41. The Balaban J connectivity index is 4.46. The van der Waals surface area contributed by atoms with Crippen LogP contribution < -0.4 is 16.0 Å². The first kappa shape index (κ1) is 80.8. The fourth-order valence-electron chi connectivity index (χ4n) is 11.2. The van der Waals surface area contributed by atoms with Crippen molar-refractivity contribution in [2.75, 3.05) is 55.9 Å². The first-order valence-electron chi connectivity index (χ1n) is 32.0. The van der Waals surface area contributed by atoms with E-state index >= 15 is 14.4 Å². The van der Waals surface area contributed by atoms with Crippen LogP contribution >= 0.6 is 0 Å². The highest BCUT2D eigenvalue weighted by Gasteiger charge is 2.46. The highest BCUT2D eigenvalue weighted by molar-refractivity contribution is 5.99. The van der Waals surface area contributed by atoms with Gasteiger partial charge in [0, 0.05) is 49.3 Å². The number of carbonyl (C=O) groups is 11. The molecule has 0 aromatic rings. The summed E-state index contributed by atoms with van der Waals surface area (Å²) in [6, 6.07) is -12.1. The Labute approximate surface area is 532 Å². The summed E-state index contributed by atoms with van der Waals surface area (Å²) in [4.78, 5) is 170. The van der Waals surface area contributed by atoms with Crippen LogP contribution in [0.15, 0.2) is 12.2 Å². The van der Waals surface area contributed by atoms with Crippen LogP contribution in [0.25, 0.3) is 0 Å². The normalized spacial score (nSPS) is 26.6. The first-order valence-corrected chi connectivity index (χ1v) is 32.0. The van der Waals surface area contributed by atoms with Crippen molar-refractivity contribution >= 4 is 65.0 Å². The summed E-state index contributed by atoms with van der Waals surface area (Å²) in [6.45, 7) is 29.1. The van der Waals surface area contributed by atoms with E-state index in [1.54, 1.807) is 46.8 Å². The van der Waals surface area contributed by atoms with Crippen LogP contribution in [-0.4, -0.2) is 238 Å². The van der Waals surface area contributed by atoms with Crippen LogP contribution in [0.1, 0.15) is 169 Å². The number of nitrogens with one attached hydrogen (secondary N) is 3. The molecule has 89 heavy (non-hydrogen) atoms. The molecule has 0 bridgehead atoms. The highest BCUT2D eigenvalue weighted by atomic mass is 16.5. The number of hydrogen-bond acceptors (Lipinski definition) is 14. The molecular weight excluding hydrogens is 1140 g/mol. The predicted octanol–water partition coefficient (Wildman–Crippen LogP) is 3.84. The molecule has 1 aliphatic rings. The molecule has 24 nitrogen and oxygen atoms in total. The maximum absolute atomic E-state index is 15.2.